The SMILES string of the molecule is S=C(NN1CCOCC1)c1cn(N2CCOCC2)nn1. The first-order valence-corrected chi connectivity index (χ1v) is 7.13. The minimum absolute atomic E-state index is 0.589. The van der Waals surface area contributed by atoms with Crippen molar-refractivity contribution in [2.75, 3.05) is 57.6 Å². The Morgan fingerprint density at radius 3 is 2.45 bits per heavy atom. The number of hydrogen-bond donors (Lipinski definition) is 1. The van der Waals surface area contributed by atoms with Gasteiger partial charge in [-0.05, 0) is 5.21 Å². The third-order valence-corrected chi connectivity index (χ3v) is 3.56. The molecule has 2 fully saturated rings. The minimum atomic E-state index is 0.589. The Hall–Kier alpha value is -1.29. The number of nitrogens with zero attached hydrogens (tertiary/aromatic N) is 5. The van der Waals surface area contributed by atoms with E-state index < -0.39 is 0 Å². The molecule has 0 amide bonds. The van der Waals surface area contributed by atoms with Crippen LogP contribution in [0.2, 0.25) is 0 Å². The highest BCUT2D eigenvalue weighted by atomic mass is 32.1. The van der Waals surface area contributed by atoms with Crippen LogP contribution in [0.1, 0.15) is 5.69 Å². The van der Waals surface area contributed by atoms with Crippen LogP contribution in [0, 0.1) is 0 Å². The van der Waals surface area contributed by atoms with Crippen molar-refractivity contribution in [3.05, 3.63) is 11.9 Å². The van der Waals surface area contributed by atoms with Crippen LogP contribution in [0.25, 0.3) is 0 Å². The van der Waals surface area contributed by atoms with Crippen molar-refractivity contribution < 1.29 is 9.47 Å². The number of nitrogens with one attached hydrogen (secondary N) is 1. The molecule has 3 heterocycles. The summed E-state index contributed by atoms with van der Waals surface area (Å²) in [6.45, 7) is 6.12. The zero-order valence-corrected chi connectivity index (χ0v) is 12.0. The molecule has 1 N–H and O–H groups in total. The summed E-state index contributed by atoms with van der Waals surface area (Å²) in [6, 6.07) is 0. The lowest BCUT2D eigenvalue weighted by molar-refractivity contribution is 0.0253. The Balaban J connectivity index is 1.58. The van der Waals surface area contributed by atoms with E-state index in [1.165, 1.54) is 0 Å². The minimum Gasteiger partial charge on any atom is -0.379 e. The third-order valence-electron chi connectivity index (χ3n) is 3.26. The van der Waals surface area contributed by atoms with E-state index in [2.05, 4.69) is 20.7 Å². The second-order valence-corrected chi connectivity index (χ2v) is 5.04. The molecule has 3 rings (SSSR count). The highest BCUT2D eigenvalue weighted by molar-refractivity contribution is 7.80. The second-order valence-electron chi connectivity index (χ2n) is 4.63. The molecule has 2 aliphatic heterocycles. The van der Waals surface area contributed by atoms with Crippen LogP contribution in [0.15, 0.2) is 6.20 Å². The summed E-state index contributed by atoms with van der Waals surface area (Å²) in [6.07, 6.45) is 1.85. The number of thiocarbonyl (C=S) groups is 1. The number of hydrazine groups is 1. The van der Waals surface area contributed by atoms with Gasteiger partial charge in [0.15, 0.2) is 0 Å². The van der Waals surface area contributed by atoms with E-state index in [9.17, 15) is 0 Å². The lowest BCUT2D eigenvalue weighted by Crippen LogP contribution is -2.48. The van der Waals surface area contributed by atoms with Gasteiger partial charge in [0.1, 0.15) is 10.7 Å². The van der Waals surface area contributed by atoms with Crippen molar-refractivity contribution >= 4 is 17.2 Å². The van der Waals surface area contributed by atoms with Gasteiger partial charge < -0.3 is 14.9 Å². The number of ether oxygens (including phenoxy) is 2. The summed E-state index contributed by atoms with van der Waals surface area (Å²) in [5, 5.41) is 12.4. The van der Waals surface area contributed by atoms with Crippen LogP contribution < -0.4 is 10.4 Å². The first kappa shape index (κ1) is 13.7. The molecule has 1 aromatic heterocycles. The monoisotopic (exact) mass is 298 g/mol. The number of aromatic nitrogens is 3. The maximum absolute atomic E-state index is 5.36. The quantitative estimate of drug-likeness (QED) is 0.695. The largest absolute Gasteiger partial charge is 0.379 e. The molecule has 0 atom stereocenters. The highest BCUT2D eigenvalue weighted by Gasteiger charge is 2.16. The molecular weight excluding hydrogens is 280 g/mol. The molecule has 0 radical (unpaired) electrons. The van der Waals surface area contributed by atoms with E-state index >= 15 is 0 Å². The van der Waals surface area contributed by atoms with Gasteiger partial charge in [0.05, 0.1) is 45.7 Å². The van der Waals surface area contributed by atoms with Gasteiger partial charge in [-0.25, -0.2) is 5.01 Å². The van der Waals surface area contributed by atoms with Crippen molar-refractivity contribution in [1.29, 1.82) is 0 Å². The predicted molar refractivity (Wildman–Crippen MR) is 76.0 cm³/mol. The third kappa shape index (κ3) is 3.23. The molecule has 20 heavy (non-hydrogen) atoms. The second kappa shape index (κ2) is 6.44. The molecule has 110 valence electrons. The van der Waals surface area contributed by atoms with Crippen molar-refractivity contribution in [2.45, 2.75) is 0 Å². The zero-order valence-electron chi connectivity index (χ0n) is 11.2. The van der Waals surface area contributed by atoms with E-state index in [-0.39, 0.29) is 0 Å². The normalized spacial score (nSPS) is 20.9. The first-order valence-electron chi connectivity index (χ1n) is 6.72. The van der Waals surface area contributed by atoms with Gasteiger partial charge >= 0.3 is 0 Å². The van der Waals surface area contributed by atoms with Crippen molar-refractivity contribution in [3.63, 3.8) is 0 Å². The number of morpholine rings is 2. The number of hydrogen-bond acceptors (Lipinski definition) is 7. The van der Waals surface area contributed by atoms with Crippen LogP contribution in [-0.4, -0.2) is 77.7 Å². The van der Waals surface area contributed by atoms with Crippen LogP contribution >= 0.6 is 12.2 Å². The zero-order chi connectivity index (χ0) is 13.8. The number of rotatable bonds is 3. The summed E-state index contributed by atoms with van der Waals surface area (Å²) < 4.78 is 10.6. The smallest absolute Gasteiger partial charge is 0.143 e. The van der Waals surface area contributed by atoms with Crippen molar-refractivity contribution in [3.8, 4) is 0 Å². The fourth-order valence-electron chi connectivity index (χ4n) is 2.13. The van der Waals surface area contributed by atoms with Crippen LogP contribution in [0.3, 0.4) is 0 Å². The molecule has 2 saturated heterocycles. The van der Waals surface area contributed by atoms with E-state index in [4.69, 9.17) is 21.7 Å². The average Bonchev–Trinajstić information content (AvgIpc) is 2.99. The molecular formula is C11H18N6O2S. The Labute approximate surface area is 122 Å². The summed E-state index contributed by atoms with van der Waals surface area (Å²) >= 11 is 5.36. The van der Waals surface area contributed by atoms with Crippen molar-refractivity contribution in [1.82, 2.24) is 25.5 Å². The Bertz CT molecular complexity index is 456. The standard InChI is InChI=1S/C11H18N6O2S/c20-11(13-15-1-5-18-6-2-15)10-9-17(14-12-10)16-3-7-19-8-4-16/h9H,1-8H2,(H,13,20). The molecule has 0 aliphatic carbocycles. The molecule has 1 aromatic rings. The Morgan fingerprint density at radius 2 is 1.75 bits per heavy atom. The molecule has 0 bridgehead atoms. The molecule has 0 spiro atoms. The first-order chi connectivity index (χ1) is 9.83. The van der Waals surface area contributed by atoms with Crippen LogP contribution in [0.5, 0.6) is 0 Å². The van der Waals surface area contributed by atoms with Gasteiger partial charge in [0.2, 0.25) is 0 Å². The van der Waals surface area contributed by atoms with Crippen molar-refractivity contribution in [2.24, 2.45) is 0 Å². The average molecular weight is 298 g/mol. The molecule has 2 aliphatic rings. The summed E-state index contributed by atoms with van der Waals surface area (Å²) in [5.74, 6) is 0. The molecule has 9 heteroatoms. The Kier molecular flexibility index (Phi) is 4.41. The van der Waals surface area contributed by atoms with Gasteiger partial charge in [0, 0.05) is 13.1 Å². The fraction of sp³-hybridized carbons (Fsp3) is 0.727. The van der Waals surface area contributed by atoms with Crippen LogP contribution in [0.4, 0.5) is 0 Å². The molecule has 0 aromatic carbocycles. The van der Waals surface area contributed by atoms with Gasteiger partial charge in [-0.2, -0.15) is 4.79 Å². The van der Waals surface area contributed by atoms with E-state index in [1.54, 1.807) is 4.79 Å². The van der Waals surface area contributed by atoms with Crippen LogP contribution in [-0.2, 0) is 9.47 Å². The van der Waals surface area contributed by atoms with E-state index in [0.29, 0.717) is 23.9 Å². The highest BCUT2D eigenvalue weighted by Crippen LogP contribution is 2.01. The molecule has 0 unspecified atom stereocenters. The summed E-state index contributed by atoms with van der Waals surface area (Å²) in [5.41, 5.74) is 3.86. The van der Waals surface area contributed by atoms with E-state index in [0.717, 1.165) is 39.4 Å². The predicted octanol–water partition coefficient (Wildman–Crippen LogP) is -1.24. The molecule has 8 nitrogen and oxygen atoms in total. The topological polar surface area (TPSA) is 67.7 Å². The van der Waals surface area contributed by atoms with Gasteiger partial charge in [-0.15, -0.1) is 5.10 Å². The Morgan fingerprint density at radius 1 is 1.10 bits per heavy atom. The van der Waals surface area contributed by atoms with Gasteiger partial charge in [0.25, 0.3) is 0 Å². The summed E-state index contributed by atoms with van der Waals surface area (Å²) in [4.78, 5) is 2.33. The lowest BCUT2D eigenvalue weighted by Gasteiger charge is -2.28. The van der Waals surface area contributed by atoms with Gasteiger partial charge in [-0.3, -0.25) is 5.01 Å². The maximum atomic E-state index is 5.36. The summed E-state index contributed by atoms with van der Waals surface area (Å²) in [7, 11) is 0. The lowest BCUT2D eigenvalue weighted by atomic mass is 10.4. The molecule has 0 saturated carbocycles. The van der Waals surface area contributed by atoms with Gasteiger partial charge in [-0.1, -0.05) is 12.2 Å². The maximum Gasteiger partial charge on any atom is 0.143 e. The van der Waals surface area contributed by atoms with E-state index in [1.807, 2.05) is 11.2 Å². The fourth-order valence-corrected chi connectivity index (χ4v) is 2.35.